The molecule has 0 aromatic heterocycles. The monoisotopic (exact) mass is 522 g/mol. The van der Waals surface area contributed by atoms with Gasteiger partial charge < -0.3 is 13.6 Å². The van der Waals surface area contributed by atoms with E-state index in [1.807, 2.05) is 18.2 Å². The molecule has 0 N–H and O–H groups in total. The fourth-order valence-corrected chi connectivity index (χ4v) is 5.84. The topological polar surface area (TPSA) is 44.8 Å². The van der Waals surface area contributed by atoms with Crippen LogP contribution in [0.25, 0.3) is 0 Å². The molecule has 0 aliphatic heterocycles. The van der Waals surface area contributed by atoms with Crippen molar-refractivity contribution in [2.24, 2.45) is 5.92 Å². The van der Waals surface area contributed by atoms with Crippen LogP contribution in [-0.4, -0.2) is 41.4 Å². The van der Waals surface area contributed by atoms with Crippen molar-refractivity contribution in [2.45, 2.75) is 117 Å². The first-order valence-electron chi connectivity index (χ1n) is 12.9. The second-order valence-corrected chi connectivity index (χ2v) is 22.1. The predicted molar refractivity (Wildman–Crippen MR) is 157 cm³/mol. The van der Waals surface area contributed by atoms with E-state index in [1.165, 1.54) is 6.08 Å². The number of rotatable bonds is 13. The van der Waals surface area contributed by atoms with Crippen molar-refractivity contribution in [3.05, 3.63) is 48.6 Å². The van der Waals surface area contributed by atoms with Gasteiger partial charge in [0.25, 0.3) is 0 Å². The number of hydrogen-bond donors (Lipinski definition) is 0. The van der Waals surface area contributed by atoms with Crippen molar-refractivity contribution in [2.75, 3.05) is 6.61 Å². The van der Waals surface area contributed by atoms with Gasteiger partial charge in [-0.05, 0) is 56.5 Å². The van der Waals surface area contributed by atoms with Crippen molar-refractivity contribution in [3.8, 4) is 0 Å². The summed E-state index contributed by atoms with van der Waals surface area (Å²) in [4.78, 5) is 11.4. The molecule has 3 atom stereocenters. The smallest absolute Gasteiger partial charge is 0.330 e. The van der Waals surface area contributed by atoms with Crippen LogP contribution in [0.15, 0.2) is 48.6 Å². The number of esters is 1. The van der Waals surface area contributed by atoms with Crippen LogP contribution >= 0.6 is 0 Å². The standard InChI is InChI=1S/C29H54O4Si2/c1-15-31-26(30)22-20-18-16-17-19-21-25(32-34(11,12)28(5,6)7)24(4)27(23(2)3)33-35(13,14)29(8,9)10/h16-20,22,24-25,27H,2,15,21H2,1,3-14H3/b18-16+,19-17+,22-20+/t24-,25-,27-/m0/s1. The molecule has 35 heavy (non-hydrogen) atoms. The molecule has 0 aromatic rings. The Morgan fingerprint density at radius 3 is 1.83 bits per heavy atom. The van der Waals surface area contributed by atoms with E-state index in [0.717, 1.165) is 12.0 Å². The molecule has 0 heterocycles. The highest BCUT2D eigenvalue weighted by atomic mass is 28.4. The third-order valence-electron chi connectivity index (χ3n) is 7.39. The normalized spacial score (nSPS) is 16.7. The lowest BCUT2D eigenvalue weighted by molar-refractivity contribution is -0.137. The van der Waals surface area contributed by atoms with Crippen LogP contribution in [0, 0.1) is 5.92 Å². The Bertz CT molecular complexity index is 765. The Hall–Kier alpha value is -1.22. The van der Waals surface area contributed by atoms with Gasteiger partial charge in [-0.25, -0.2) is 4.79 Å². The first kappa shape index (κ1) is 33.8. The zero-order valence-electron chi connectivity index (χ0n) is 25.0. The molecular formula is C29H54O4Si2. The van der Waals surface area contributed by atoms with Gasteiger partial charge in [0.05, 0.1) is 18.8 Å². The first-order valence-corrected chi connectivity index (χ1v) is 18.8. The van der Waals surface area contributed by atoms with Crippen molar-refractivity contribution in [1.82, 2.24) is 0 Å². The van der Waals surface area contributed by atoms with Crippen molar-refractivity contribution in [1.29, 1.82) is 0 Å². The molecule has 0 aliphatic carbocycles. The van der Waals surface area contributed by atoms with Crippen LogP contribution in [0.5, 0.6) is 0 Å². The molecule has 0 unspecified atom stereocenters. The molecule has 0 saturated heterocycles. The maximum absolute atomic E-state index is 11.4. The lowest BCUT2D eigenvalue weighted by Crippen LogP contribution is -2.50. The van der Waals surface area contributed by atoms with Crippen LogP contribution in [0.3, 0.4) is 0 Å². The predicted octanol–water partition coefficient (Wildman–Crippen LogP) is 8.60. The van der Waals surface area contributed by atoms with Gasteiger partial charge in [-0.2, -0.15) is 0 Å². The highest BCUT2D eigenvalue weighted by Gasteiger charge is 2.44. The highest BCUT2D eigenvalue weighted by molar-refractivity contribution is 6.74. The third kappa shape index (κ3) is 11.6. The summed E-state index contributed by atoms with van der Waals surface area (Å²) in [6.07, 6.45) is 11.8. The van der Waals surface area contributed by atoms with Gasteiger partial charge in [0.1, 0.15) is 0 Å². The summed E-state index contributed by atoms with van der Waals surface area (Å²) in [6.45, 7) is 33.7. The van der Waals surface area contributed by atoms with Crippen LogP contribution in [0.4, 0.5) is 0 Å². The SMILES string of the molecule is C=C(C)[C@H](O[Si](C)(C)C(C)(C)C)[C@@H](C)[C@H](C/C=C/C=C/C=C/C(=O)OCC)O[Si](C)(C)C(C)(C)C. The molecule has 0 spiro atoms. The summed E-state index contributed by atoms with van der Waals surface area (Å²) in [6, 6.07) is 0. The maximum Gasteiger partial charge on any atom is 0.330 e. The average molecular weight is 523 g/mol. The molecule has 6 heteroatoms. The number of allylic oxidation sites excluding steroid dienone is 4. The first-order chi connectivity index (χ1) is 15.8. The molecule has 0 amide bonds. The van der Waals surface area contributed by atoms with Gasteiger partial charge in [-0.15, -0.1) is 0 Å². The van der Waals surface area contributed by atoms with Gasteiger partial charge in [0, 0.05) is 12.0 Å². The van der Waals surface area contributed by atoms with E-state index in [2.05, 4.69) is 94.2 Å². The minimum Gasteiger partial charge on any atom is -0.463 e. The summed E-state index contributed by atoms with van der Waals surface area (Å²) in [5, 5.41) is 0.240. The van der Waals surface area contributed by atoms with Gasteiger partial charge in [-0.3, -0.25) is 0 Å². The van der Waals surface area contributed by atoms with E-state index in [0.29, 0.717) is 6.61 Å². The molecule has 0 fully saturated rings. The third-order valence-corrected chi connectivity index (χ3v) is 16.3. The summed E-state index contributed by atoms with van der Waals surface area (Å²) in [5.74, 6) is -0.168. The summed E-state index contributed by atoms with van der Waals surface area (Å²) in [5.41, 5.74) is 1.05. The second-order valence-electron chi connectivity index (χ2n) is 12.6. The largest absolute Gasteiger partial charge is 0.463 e. The number of carbonyl (C=O) groups is 1. The molecule has 0 radical (unpaired) electrons. The van der Waals surface area contributed by atoms with Gasteiger partial charge in [0.2, 0.25) is 0 Å². The number of hydrogen-bond acceptors (Lipinski definition) is 4. The van der Waals surface area contributed by atoms with E-state index < -0.39 is 16.6 Å². The lowest BCUT2D eigenvalue weighted by atomic mass is 9.92. The van der Waals surface area contributed by atoms with Crippen LogP contribution in [0.2, 0.25) is 36.3 Å². The Morgan fingerprint density at radius 1 is 0.886 bits per heavy atom. The van der Waals surface area contributed by atoms with E-state index in [9.17, 15) is 4.79 Å². The average Bonchev–Trinajstić information content (AvgIpc) is 2.68. The molecule has 0 saturated carbocycles. The second kappa shape index (κ2) is 13.9. The zero-order chi connectivity index (χ0) is 27.7. The van der Waals surface area contributed by atoms with Crippen molar-refractivity contribution < 1.29 is 18.4 Å². The molecule has 0 bridgehead atoms. The van der Waals surface area contributed by atoms with E-state index >= 15 is 0 Å². The Morgan fingerprint density at radius 2 is 1.37 bits per heavy atom. The van der Waals surface area contributed by atoms with Crippen molar-refractivity contribution in [3.63, 3.8) is 0 Å². The molecule has 0 aliphatic rings. The molecule has 0 rings (SSSR count). The molecular weight excluding hydrogens is 468 g/mol. The van der Waals surface area contributed by atoms with Gasteiger partial charge >= 0.3 is 5.97 Å². The summed E-state index contributed by atoms with van der Waals surface area (Å²) >= 11 is 0. The van der Waals surface area contributed by atoms with E-state index in [4.69, 9.17) is 13.6 Å². The van der Waals surface area contributed by atoms with Gasteiger partial charge in [0.15, 0.2) is 16.6 Å². The highest BCUT2D eigenvalue weighted by Crippen LogP contribution is 2.42. The van der Waals surface area contributed by atoms with Crippen LogP contribution in [0.1, 0.15) is 68.7 Å². The zero-order valence-corrected chi connectivity index (χ0v) is 27.0. The van der Waals surface area contributed by atoms with E-state index in [-0.39, 0.29) is 34.2 Å². The number of carbonyl (C=O) groups excluding carboxylic acids is 1. The quantitative estimate of drug-likeness (QED) is 0.0798. The maximum atomic E-state index is 11.4. The van der Waals surface area contributed by atoms with Crippen LogP contribution in [-0.2, 0) is 18.4 Å². The minimum absolute atomic E-state index is 0.0158. The van der Waals surface area contributed by atoms with Crippen LogP contribution < -0.4 is 0 Å². The Labute approximate surface area is 219 Å². The number of ether oxygens (including phenoxy) is 1. The van der Waals surface area contributed by atoms with E-state index in [1.54, 1.807) is 13.0 Å². The lowest BCUT2D eigenvalue weighted by Gasteiger charge is -2.45. The Kier molecular flexibility index (Phi) is 13.4. The fourth-order valence-electron chi connectivity index (χ4n) is 3.02. The summed E-state index contributed by atoms with van der Waals surface area (Å²) in [7, 11) is -3.98. The molecule has 202 valence electrons. The molecule has 0 aromatic carbocycles. The fraction of sp³-hybridized carbons (Fsp3) is 0.690. The molecule has 4 nitrogen and oxygen atoms in total. The van der Waals surface area contributed by atoms with Crippen molar-refractivity contribution >= 4 is 22.6 Å². The summed E-state index contributed by atoms with van der Waals surface area (Å²) < 4.78 is 18.7. The minimum atomic E-state index is -2.00. The van der Waals surface area contributed by atoms with Gasteiger partial charge in [-0.1, -0.05) is 91.0 Å². The Balaban J connectivity index is 5.79.